The SMILES string of the molecule is COc1cccc([C@@]2(O)CCCC[C@@H]2CN(C)C)c1.O=C(O)C(O)(C(=O)c1ccccc1)C(O)(C(=O)O)C(=O)c1ccccc1. The van der Waals surface area contributed by atoms with Gasteiger partial charge in [0.05, 0.1) is 12.7 Å². The van der Waals surface area contributed by atoms with Gasteiger partial charge in [0.1, 0.15) is 5.75 Å². The van der Waals surface area contributed by atoms with Crippen molar-refractivity contribution in [3.05, 3.63) is 102 Å². The molecule has 1 fully saturated rings. The third kappa shape index (κ3) is 7.12. The Bertz CT molecular complexity index is 1420. The second kappa shape index (κ2) is 14.6. The molecule has 3 aromatic carbocycles. The van der Waals surface area contributed by atoms with Crippen molar-refractivity contribution in [3.63, 3.8) is 0 Å². The molecule has 0 spiro atoms. The first-order valence-electron chi connectivity index (χ1n) is 14.4. The summed E-state index contributed by atoms with van der Waals surface area (Å²) < 4.78 is 5.29. The van der Waals surface area contributed by atoms with Gasteiger partial charge in [0.15, 0.2) is 0 Å². The minimum atomic E-state index is -3.95. The molecule has 4 atom stereocenters. The zero-order valence-electron chi connectivity index (χ0n) is 25.4. The largest absolute Gasteiger partial charge is 0.497 e. The van der Waals surface area contributed by atoms with Crippen molar-refractivity contribution in [1.82, 2.24) is 4.90 Å². The fraction of sp³-hybridized carbons (Fsp3) is 0.353. The number of Topliss-reactive ketones (excluding diaryl/α,β-unsaturated/α-hetero) is 2. The number of methoxy groups -OCH3 is 1. The van der Waals surface area contributed by atoms with Gasteiger partial charge in [-0.15, -0.1) is 0 Å². The number of carbonyl (C=O) groups is 4. The van der Waals surface area contributed by atoms with E-state index < -0.39 is 51.4 Å². The Morgan fingerprint density at radius 2 is 1.29 bits per heavy atom. The summed E-state index contributed by atoms with van der Waals surface area (Å²) in [5.74, 6) is -6.91. The van der Waals surface area contributed by atoms with Crippen molar-refractivity contribution in [1.29, 1.82) is 0 Å². The molecule has 3 aromatic rings. The van der Waals surface area contributed by atoms with Gasteiger partial charge in [-0.2, -0.15) is 0 Å². The molecule has 5 N–H and O–H groups in total. The summed E-state index contributed by atoms with van der Waals surface area (Å²) in [6.07, 6.45) is 4.24. The lowest BCUT2D eigenvalue weighted by atomic mass is 9.71. The van der Waals surface area contributed by atoms with E-state index in [1.54, 1.807) is 7.11 Å². The highest BCUT2D eigenvalue weighted by Gasteiger charge is 2.69. The summed E-state index contributed by atoms with van der Waals surface area (Å²) in [6.45, 7) is 0.924. The average molecular weight is 622 g/mol. The van der Waals surface area contributed by atoms with Crippen LogP contribution in [0.25, 0.3) is 0 Å². The highest BCUT2D eigenvalue weighted by atomic mass is 16.5. The van der Waals surface area contributed by atoms with Gasteiger partial charge in [0.2, 0.25) is 11.6 Å². The van der Waals surface area contributed by atoms with Crippen LogP contribution in [0.2, 0.25) is 0 Å². The summed E-state index contributed by atoms with van der Waals surface area (Å²) in [5.41, 5.74) is -8.40. The van der Waals surface area contributed by atoms with Crippen LogP contribution in [0.15, 0.2) is 84.9 Å². The van der Waals surface area contributed by atoms with Gasteiger partial charge in [-0.25, -0.2) is 9.59 Å². The zero-order valence-corrected chi connectivity index (χ0v) is 25.4. The molecule has 1 aliphatic rings. The molecule has 0 saturated heterocycles. The van der Waals surface area contributed by atoms with Crippen molar-refractivity contribution in [2.75, 3.05) is 27.7 Å². The third-order valence-corrected chi connectivity index (χ3v) is 8.06. The number of ketones is 2. The van der Waals surface area contributed by atoms with Gasteiger partial charge in [-0.05, 0) is 44.6 Å². The van der Waals surface area contributed by atoms with Crippen molar-refractivity contribution in [2.24, 2.45) is 5.92 Å². The van der Waals surface area contributed by atoms with Crippen molar-refractivity contribution in [2.45, 2.75) is 42.5 Å². The predicted octanol–water partition coefficient (Wildman–Crippen LogP) is 3.02. The van der Waals surface area contributed by atoms with Crippen molar-refractivity contribution < 1.29 is 49.4 Å². The number of ether oxygens (including phenoxy) is 1. The normalized spacial score (nSPS) is 20.5. The number of aliphatic hydroxyl groups is 3. The second-order valence-corrected chi connectivity index (χ2v) is 11.3. The molecule has 0 radical (unpaired) electrons. The molecule has 1 saturated carbocycles. The Morgan fingerprint density at radius 1 is 0.800 bits per heavy atom. The van der Waals surface area contributed by atoms with Crippen LogP contribution in [0.4, 0.5) is 0 Å². The number of benzene rings is 3. The van der Waals surface area contributed by atoms with Crippen LogP contribution in [0.1, 0.15) is 52.0 Å². The van der Waals surface area contributed by atoms with E-state index in [2.05, 4.69) is 19.0 Å². The van der Waals surface area contributed by atoms with Gasteiger partial charge in [-0.1, -0.05) is 85.6 Å². The molecule has 0 bridgehead atoms. The number of rotatable bonds is 11. The molecule has 0 aromatic heterocycles. The number of nitrogens with zero attached hydrogens (tertiary/aromatic N) is 1. The Morgan fingerprint density at radius 3 is 1.71 bits per heavy atom. The topological polar surface area (TPSA) is 182 Å². The van der Waals surface area contributed by atoms with Crippen LogP contribution in [-0.4, -0.2) is 92.9 Å². The maximum atomic E-state index is 12.6. The Balaban J connectivity index is 0.000000257. The summed E-state index contributed by atoms with van der Waals surface area (Å²) in [5, 5.41) is 51.0. The smallest absolute Gasteiger partial charge is 0.348 e. The van der Waals surface area contributed by atoms with E-state index in [0.717, 1.165) is 61.4 Å². The van der Waals surface area contributed by atoms with Crippen LogP contribution in [0.5, 0.6) is 5.75 Å². The first-order chi connectivity index (χ1) is 21.2. The quantitative estimate of drug-likeness (QED) is 0.157. The average Bonchev–Trinajstić information content (AvgIpc) is 3.05. The number of carboxylic acid groups (broad SMARTS) is 2. The van der Waals surface area contributed by atoms with E-state index in [0.29, 0.717) is 5.92 Å². The first kappa shape index (κ1) is 35.1. The van der Waals surface area contributed by atoms with Gasteiger partial charge in [0.25, 0.3) is 11.2 Å². The second-order valence-electron chi connectivity index (χ2n) is 11.3. The van der Waals surface area contributed by atoms with E-state index >= 15 is 0 Å². The van der Waals surface area contributed by atoms with E-state index in [9.17, 15) is 44.7 Å². The lowest BCUT2D eigenvalue weighted by molar-refractivity contribution is -0.187. The fourth-order valence-electron chi connectivity index (χ4n) is 5.61. The number of hydrogen-bond acceptors (Lipinski definition) is 9. The molecule has 1 aliphatic carbocycles. The first-order valence-corrected chi connectivity index (χ1v) is 14.4. The summed E-state index contributed by atoms with van der Waals surface area (Å²) in [7, 11) is 5.81. The molecule has 11 nitrogen and oxygen atoms in total. The highest BCUT2D eigenvalue weighted by Crippen LogP contribution is 2.42. The maximum Gasteiger partial charge on any atom is 0.348 e. The standard InChI is InChI=1S/C18H14O8.C16H25NO2/c19-13(11-7-3-1-4-8-11)17(25,15(21)22)18(26,16(23)24)14(20)12-9-5-2-6-10-12;1-17(2)12-14-7-4-5-10-16(14,18)13-8-6-9-15(11-13)19-3/h1-10,25-26H,(H,21,22)(H,23,24);6,8-9,11,14,18H,4-5,7,10,12H2,1-3H3/t;14-,16+/m.1/s1. The van der Waals surface area contributed by atoms with Crippen LogP contribution in [0, 0.1) is 5.92 Å². The van der Waals surface area contributed by atoms with Gasteiger partial charge in [0, 0.05) is 23.6 Å². The van der Waals surface area contributed by atoms with E-state index in [4.69, 9.17) is 4.74 Å². The van der Waals surface area contributed by atoms with Crippen LogP contribution < -0.4 is 4.74 Å². The van der Waals surface area contributed by atoms with Gasteiger partial charge >= 0.3 is 11.9 Å². The molecule has 0 amide bonds. The zero-order chi connectivity index (χ0) is 33.4. The molecule has 0 aliphatic heterocycles. The lowest BCUT2D eigenvalue weighted by Crippen LogP contribution is -2.71. The molecule has 11 heteroatoms. The Hall–Kier alpha value is -4.42. The Kier molecular flexibility index (Phi) is 11.4. The number of carboxylic acids is 2. The molecule has 45 heavy (non-hydrogen) atoms. The molecule has 4 rings (SSSR count). The van der Waals surface area contributed by atoms with Gasteiger partial charge in [-0.3, -0.25) is 9.59 Å². The van der Waals surface area contributed by atoms with E-state index in [1.807, 2.05) is 24.3 Å². The maximum absolute atomic E-state index is 12.6. The molecule has 240 valence electrons. The minimum absolute atomic E-state index is 0.295. The fourth-order valence-corrected chi connectivity index (χ4v) is 5.61. The third-order valence-electron chi connectivity index (χ3n) is 8.06. The van der Waals surface area contributed by atoms with E-state index in [1.165, 1.54) is 42.8 Å². The monoisotopic (exact) mass is 621 g/mol. The number of hydrogen-bond donors (Lipinski definition) is 5. The summed E-state index contributed by atoms with van der Waals surface area (Å²) in [4.78, 5) is 50.7. The summed E-state index contributed by atoms with van der Waals surface area (Å²) in [6, 6.07) is 20.7. The highest BCUT2D eigenvalue weighted by molar-refractivity contribution is 6.28. The van der Waals surface area contributed by atoms with Crippen molar-refractivity contribution >= 4 is 23.5 Å². The summed E-state index contributed by atoms with van der Waals surface area (Å²) >= 11 is 0. The number of carbonyl (C=O) groups excluding carboxylic acids is 2. The molecular formula is C34H39NO10. The molecule has 2 unspecified atom stereocenters. The molecule has 0 heterocycles. The number of aliphatic carboxylic acids is 2. The lowest BCUT2D eigenvalue weighted by Gasteiger charge is -2.41. The van der Waals surface area contributed by atoms with E-state index in [-0.39, 0.29) is 0 Å². The van der Waals surface area contributed by atoms with Crippen LogP contribution in [0.3, 0.4) is 0 Å². The van der Waals surface area contributed by atoms with Crippen LogP contribution >= 0.6 is 0 Å². The van der Waals surface area contributed by atoms with Gasteiger partial charge < -0.3 is 35.2 Å². The minimum Gasteiger partial charge on any atom is -0.497 e. The Labute approximate surface area is 261 Å². The van der Waals surface area contributed by atoms with Crippen molar-refractivity contribution in [3.8, 4) is 5.75 Å². The predicted molar refractivity (Wildman–Crippen MR) is 164 cm³/mol. The van der Waals surface area contributed by atoms with Crippen LogP contribution in [-0.2, 0) is 15.2 Å². The molecular weight excluding hydrogens is 582 g/mol.